The molecule has 1 amide bonds. The van der Waals surface area contributed by atoms with Gasteiger partial charge in [0.2, 0.25) is 5.91 Å². The Morgan fingerprint density at radius 3 is 2.56 bits per heavy atom. The first-order chi connectivity index (χ1) is 7.39. The topological polar surface area (TPSA) is 33.2 Å². The highest BCUT2D eigenvalue weighted by Crippen LogP contribution is 2.28. The summed E-state index contributed by atoms with van der Waals surface area (Å²) < 4.78 is 0. The first kappa shape index (κ1) is 11.1. The van der Waals surface area contributed by atoms with Gasteiger partial charge in [0, 0.05) is 24.6 Å². The van der Waals surface area contributed by atoms with Gasteiger partial charge >= 0.3 is 0 Å². The Balaban J connectivity index is 2.48. The standard InChI is InChI=1S/C13H18N2O/c1-13(2,3)10-7-5-9-6-8-11(16)15(4)12(9)14-10/h5,7H,6,8H2,1-4H3. The summed E-state index contributed by atoms with van der Waals surface area (Å²) in [5.41, 5.74) is 2.24. The zero-order chi connectivity index (χ0) is 11.9. The summed E-state index contributed by atoms with van der Waals surface area (Å²) in [6.45, 7) is 6.39. The van der Waals surface area contributed by atoms with E-state index in [1.54, 1.807) is 11.9 Å². The van der Waals surface area contributed by atoms with Crippen molar-refractivity contribution >= 4 is 11.7 Å². The quantitative estimate of drug-likeness (QED) is 0.669. The molecular weight excluding hydrogens is 200 g/mol. The molecule has 86 valence electrons. The van der Waals surface area contributed by atoms with Crippen LogP contribution in [0.15, 0.2) is 12.1 Å². The van der Waals surface area contributed by atoms with Gasteiger partial charge < -0.3 is 0 Å². The lowest BCUT2D eigenvalue weighted by Gasteiger charge is -2.27. The molecule has 0 unspecified atom stereocenters. The lowest BCUT2D eigenvalue weighted by atomic mass is 9.90. The molecule has 0 atom stereocenters. The van der Waals surface area contributed by atoms with Gasteiger partial charge in [0.25, 0.3) is 0 Å². The number of amides is 1. The van der Waals surface area contributed by atoms with E-state index >= 15 is 0 Å². The third kappa shape index (κ3) is 1.82. The van der Waals surface area contributed by atoms with Crippen LogP contribution >= 0.6 is 0 Å². The van der Waals surface area contributed by atoms with Crippen LogP contribution in [0.2, 0.25) is 0 Å². The van der Waals surface area contributed by atoms with Gasteiger partial charge in [0.05, 0.1) is 0 Å². The minimum absolute atomic E-state index is 0.0242. The summed E-state index contributed by atoms with van der Waals surface area (Å²) in [6.07, 6.45) is 1.41. The molecule has 0 aliphatic carbocycles. The van der Waals surface area contributed by atoms with Crippen molar-refractivity contribution in [1.82, 2.24) is 4.98 Å². The Bertz CT molecular complexity index is 432. The average Bonchev–Trinajstić information content (AvgIpc) is 2.22. The maximum Gasteiger partial charge on any atom is 0.228 e. The molecule has 0 saturated carbocycles. The van der Waals surface area contributed by atoms with Crippen molar-refractivity contribution in [2.75, 3.05) is 11.9 Å². The van der Waals surface area contributed by atoms with Gasteiger partial charge in [0.1, 0.15) is 5.82 Å². The molecule has 3 heteroatoms. The van der Waals surface area contributed by atoms with E-state index in [-0.39, 0.29) is 11.3 Å². The van der Waals surface area contributed by atoms with Crippen LogP contribution in [-0.4, -0.2) is 17.9 Å². The van der Waals surface area contributed by atoms with Gasteiger partial charge in [-0.1, -0.05) is 26.8 Å². The lowest BCUT2D eigenvalue weighted by molar-refractivity contribution is -0.118. The first-order valence-electron chi connectivity index (χ1n) is 5.66. The van der Waals surface area contributed by atoms with Crippen molar-refractivity contribution in [1.29, 1.82) is 0 Å². The predicted octanol–water partition coefficient (Wildman–Crippen LogP) is 2.29. The van der Waals surface area contributed by atoms with Crippen LogP contribution < -0.4 is 4.90 Å². The van der Waals surface area contributed by atoms with Gasteiger partial charge in [-0.15, -0.1) is 0 Å². The average molecular weight is 218 g/mol. The number of nitrogens with zero attached hydrogens (tertiary/aromatic N) is 2. The summed E-state index contributed by atoms with van der Waals surface area (Å²) in [5, 5.41) is 0. The van der Waals surface area contributed by atoms with E-state index in [0.29, 0.717) is 6.42 Å². The molecule has 3 nitrogen and oxygen atoms in total. The molecular formula is C13H18N2O. The first-order valence-corrected chi connectivity index (χ1v) is 5.66. The smallest absolute Gasteiger partial charge is 0.228 e. The third-order valence-electron chi connectivity index (χ3n) is 3.02. The normalized spacial score (nSPS) is 16.2. The molecule has 0 radical (unpaired) electrons. The number of hydrogen-bond acceptors (Lipinski definition) is 2. The third-order valence-corrected chi connectivity index (χ3v) is 3.02. The SMILES string of the molecule is CN1C(=O)CCc2ccc(C(C)(C)C)nc21. The van der Waals surface area contributed by atoms with Crippen molar-refractivity contribution in [2.45, 2.75) is 39.0 Å². The number of anilines is 1. The second kappa shape index (κ2) is 3.58. The van der Waals surface area contributed by atoms with E-state index in [1.165, 1.54) is 5.56 Å². The number of pyridine rings is 1. The van der Waals surface area contributed by atoms with Crippen LogP contribution in [0.4, 0.5) is 5.82 Å². The van der Waals surface area contributed by atoms with Crippen LogP contribution in [0.1, 0.15) is 38.4 Å². The zero-order valence-electron chi connectivity index (χ0n) is 10.4. The van der Waals surface area contributed by atoms with E-state index in [0.717, 1.165) is 17.9 Å². The molecule has 0 saturated heterocycles. The summed E-state index contributed by atoms with van der Waals surface area (Å²) >= 11 is 0. The minimum atomic E-state index is 0.0242. The van der Waals surface area contributed by atoms with Gasteiger partial charge in [-0.05, 0) is 18.1 Å². The van der Waals surface area contributed by atoms with E-state index in [9.17, 15) is 4.79 Å². The minimum Gasteiger partial charge on any atom is -0.300 e. The molecule has 2 heterocycles. The fourth-order valence-electron chi connectivity index (χ4n) is 1.91. The number of rotatable bonds is 0. The maximum absolute atomic E-state index is 11.6. The van der Waals surface area contributed by atoms with Gasteiger partial charge in [0.15, 0.2) is 0 Å². The summed E-state index contributed by atoms with van der Waals surface area (Å²) in [5.74, 6) is 0.995. The second-order valence-corrected chi connectivity index (χ2v) is 5.38. The number of fused-ring (bicyclic) bond motifs is 1. The van der Waals surface area contributed by atoms with Crippen molar-refractivity contribution in [2.24, 2.45) is 0 Å². The highest BCUT2D eigenvalue weighted by Gasteiger charge is 2.24. The molecule has 0 bridgehead atoms. The predicted molar refractivity (Wildman–Crippen MR) is 64.7 cm³/mol. The van der Waals surface area contributed by atoms with Crippen LogP contribution in [-0.2, 0) is 16.6 Å². The van der Waals surface area contributed by atoms with E-state index in [1.807, 2.05) is 0 Å². The highest BCUT2D eigenvalue weighted by molar-refractivity contribution is 5.94. The summed E-state index contributed by atoms with van der Waals surface area (Å²) in [6, 6.07) is 4.17. The Morgan fingerprint density at radius 1 is 1.25 bits per heavy atom. The van der Waals surface area contributed by atoms with Gasteiger partial charge in [-0.2, -0.15) is 0 Å². The van der Waals surface area contributed by atoms with Gasteiger partial charge in [-0.3, -0.25) is 9.69 Å². The number of aromatic nitrogens is 1. The summed E-state index contributed by atoms with van der Waals surface area (Å²) in [4.78, 5) is 17.9. The van der Waals surface area contributed by atoms with Crippen LogP contribution in [0, 0.1) is 0 Å². The fourth-order valence-corrected chi connectivity index (χ4v) is 1.91. The molecule has 0 spiro atoms. The molecule has 1 aliphatic rings. The molecule has 1 aromatic rings. The molecule has 0 aromatic carbocycles. The Kier molecular flexibility index (Phi) is 2.49. The Labute approximate surface area is 96.5 Å². The molecule has 16 heavy (non-hydrogen) atoms. The van der Waals surface area contributed by atoms with Crippen molar-refractivity contribution in [3.8, 4) is 0 Å². The maximum atomic E-state index is 11.6. The Hall–Kier alpha value is -1.38. The molecule has 0 N–H and O–H groups in total. The second-order valence-electron chi connectivity index (χ2n) is 5.38. The van der Waals surface area contributed by atoms with Gasteiger partial charge in [-0.25, -0.2) is 4.98 Å². The molecule has 1 aromatic heterocycles. The summed E-state index contributed by atoms with van der Waals surface area (Å²) in [7, 11) is 1.81. The molecule has 2 rings (SSSR count). The molecule has 1 aliphatic heterocycles. The van der Waals surface area contributed by atoms with E-state index in [4.69, 9.17) is 0 Å². The number of hydrogen-bond donors (Lipinski definition) is 0. The number of carbonyl (C=O) groups is 1. The number of aryl methyl sites for hydroxylation is 1. The van der Waals surface area contributed by atoms with Crippen molar-refractivity contribution in [3.63, 3.8) is 0 Å². The van der Waals surface area contributed by atoms with E-state index in [2.05, 4.69) is 37.9 Å². The lowest BCUT2D eigenvalue weighted by Crippen LogP contribution is -2.32. The van der Waals surface area contributed by atoms with Crippen LogP contribution in [0.25, 0.3) is 0 Å². The highest BCUT2D eigenvalue weighted by atomic mass is 16.2. The molecule has 0 fully saturated rings. The van der Waals surface area contributed by atoms with Crippen LogP contribution in [0.3, 0.4) is 0 Å². The number of carbonyl (C=O) groups excluding carboxylic acids is 1. The van der Waals surface area contributed by atoms with Crippen molar-refractivity contribution in [3.05, 3.63) is 23.4 Å². The van der Waals surface area contributed by atoms with E-state index < -0.39 is 0 Å². The fraction of sp³-hybridized carbons (Fsp3) is 0.538. The van der Waals surface area contributed by atoms with Crippen LogP contribution in [0.5, 0.6) is 0 Å². The Morgan fingerprint density at radius 2 is 1.94 bits per heavy atom. The zero-order valence-corrected chi connectivity index (χ0v) is 10.4. The van der Waals surface area contributed by atoms with Crippen molar-refractivity contribution < 1.29 is 4.79 Å². The largest absolute Gasteiger partial charge is 0.300 e. The monoisotopic (exact) mass is 218 g/mol.